The van der Waals surface area contributed by atoms with Crippen molar-refractivity contribution in [2.24, 2.45) is 0 Å². The Kier molecular flexibility index (Phi) is 4.25. The lowest BCUT2D eigenvalue weighted by molar-refractivity contribution is -0.138. The van der Waals surface area contributed by atoms with E-state index in [9.17, 15) is 18.0 Å². The number of aryl methyl sites for hydroxylation is 1. The summed E-state index contributed by atoms with van der Waals surface area (Å²) in [6, 6.07) is 9.00. The molecule has 1 N–H and O–H groups in total. The fourth-order valence-corrected chi connectivity index (χ4v) is 1.76. The van der Waals surface area contributed by atoms with Crippen LogP contribution in [0.5, 0.6) is 0 Å². The zero-order chi connectivity index (χ0) is 15.5. The van der Waals surface area contributed by atoms with Crippen molar-refractivity contribution in [3.05, 3.63) is 36.2 Å². The minimum Gasteiger partial charge on any atom is -0.345 e. The predicted molar refractivity (Wildman–Crippen MR) is 69.3 cm³/mol. The van der Waals surface area contributed by atoms with E-state index in [-0.39, 0.29) is 6.54 Å². The second-order valence-electron chi connectivity index (χ2n) is 4.40. The number of alkyl halides is 3. The number of nitrogens with zero attached hydrogens (tertiary/aromatic N) is 3. The van der Waals surface area contributed by atoms with Crippen molar-refractivity contribution in [3.63, 3.8) is 0 Å². The first-order chi connectivity index (χ1) is 9.85. The maximum atomic E-state index is 12.1. The minimum atomic E-state index is -4.43. The molecule has 0 radical (unpaired) electrons. The number of nitrogens with one attached hydrogen (secondary N) is 1. The van der Waals surface area contributed by atoms with E-state index < -0.39 is 18.6 Å². The summed E-state index contributed by atoms with van der Waals surface area (Å²) in [4.78, 5) is 15.7. The summed E-state index contributed by atoms with van der Waals surface area (Å²) in [5, 5.41) is 5.84. The topological polar surface area (TPSA) is 59.8 Å². The molecule has 5 nitrogen and oxygen atoms in total. The van der Waals surface area contributed by atoms with E-state index in [1.807, 2.05) is 6.07 Å². The molecule has 0 saturated carbocycles. The molecule has 21 heavy (non-hydrogen) atoms. The van der Waals surface area contributed by atoms with E-state index in [0.29, 0.717) is 11.6 Å². The molecule has 8 heteroatoms. The fourth-order valence-electron chi connectivity index (χ4n) is 1.76. The third-order valence-corrected chi connectivity index (χ3v) is 2.59. The van der Waals surface area contributed by atoms with Crippen LogP contribution in [0, 0.1) is 6.92 Å². The van der Waals surface area contributed by atoms with Crippen molar-refractivity contribution in [2.75, 3.05) is 6.54 Å². The number of hydrogen-bond acceptors (Lipinski definition) is 3. The van der Waals surface area contributed by atoms with Crippen molar-refractivity contribution in [1.29, 1.82) is 0 Å². The van der Waals surface area contributed by atoms with Gasteiger partial charge in [0.05, 0.1) is 0 Å². The molecule has 2 rings (SSSR count). The van der Waals surface area contributed by atoms with E-state index in [1.165, 1.54) is 4.68 Å². The van der Waals surface area contributed by atoms with Crippen LogP contribution in [0.25, 0.3) is 11.4 Å². The monoisotopic (exact) mass is 298 g/mol. The fraction of sp³-hybridized carbons (Fsp3) is 0.308. The summed E-state index contributed by atoms with van der Waals surface area (Å²) in [6.07, 6.45) is -4.43. The summed E-state index contributed by atoms with van der Waals surface area (Å²) < 4.78 is 37.4. The van der Waals surface area contributed by atoms with Crippen LogP contribution >= 0.6 is 0 Å². The van der Waals surface area contributed by atoms with Gasteiger partial charge in [0.25, 0.3) is 0 Å². The van der Waals surface area contributed by atoms with Crippen molar-refractivity contribution >= 4 is 5.91 Å². The molecule has 1 aromatic heterocycles. The van der Waals surface area contributed by atoms with E-state index in [0.717, 1.165) is 5.56 Å². The van der Waals surface area contributed by atoms with Gasteiger partial charge >= 0.3 is 6.18 Å². The lowest BCUT2D eigenvalue weighted by atomic mass is 10.2. The molecule has 112 valence electrons. The highest BCUT2D eigenvalue weighted by Crippen LogP contribution is 2.17. The van der Waals surface area contributed by atoms with Crippen LogP contribution in [0.1, 0.15) is 5.82 Å². The van der Waals surface area contributed by atoms with Crippen LogP contribution < -0.4 is 5.32 Å². The highest BCUT2D eigenvalue weighted by atomic mass is 19.4. The van der Waals surface area contributed by atoms with Crippen LogP contribution in [-0.2, 0) is 11.3 Å². The highest BCUT2D eigenvalue weighted by molar-refractivity contribution is 5.76. The molecule has 1 aromatic carbocycles. The Bertz CT molecular complexity index is 622. The summed E-state index contributed by atoms with van der Waals surface area (Å²) in [5.41, 5.74) is 0.738. The lowest BCUT2D eigenvalue weighted by Gasteiger charge is -2.09. The largest absolute Gasteiger partial charge is 0.405 e. The third-order valence-electron chi connectivity index (χ3n) is 2.59. The Morgan fingerprint density at radius 3 is 2.57 bits per heavy atom. The third kappa shape index (κ3) is 4.30. The number of hydrogen-bond donors (Lipinski definition) is 1. The predicted octanol–water partition coefficient (Wildman–Crippen LogP) is 1.93. The lowest BCUT2D eigenvalue weighted by Crippen LogP contribution is -2.36. The molecule has 2 aromatic rings. The molecule has 0 saturated heterocycles. The minimum absolute atomic E-state index is 0.318. The number of amides is 1. The zero-order valence-electron chi connectivity index (χ0n) is 11.2. The van der Waals surface area contributed by atoms with Crippen LogP contribution in [0.4, 0.5) is 13.2 Å². The maximum absolute atomic E-state index is 12.1. The first-order valence-electron chi connectivity index (χ1n) is 6.15. The normalized spacial score (nSPS) is 11.4. The molecule has 0 aliphatic carbocycles. The van der Waals surface area contributed by atoms with Crippen molar-refractivity contribution in [1.82, 2.24) is 20.1 Å². The van der Waals surface area contributed by atoms with Gasteiger partial charge in [0.15, 0.2) is 5.82 Å². The molecule has 0 fully saturated rings. The molecular weight excluding hydrogens is 285 g/mol. The van der Waals surface area contributed by atoms with E-state index in [2.05, 4.69) is 10.1 Å². The van der Waals surface area contributed by atoms with Gasteiger partial charge < -0.3 is 5.32 Å². The van der Waals surface area contributed by atoms with Gasteiger partial charge in [0.1, 0.15) is 18.9 Å². The summed E-state index contributed by atoms with van der Waals surface area (Å²) in [6.45, 7) is -0.0299. The quantitative estimate of drug-likeness (QED) is 0.938. The molecule has 0 spiro atoms. The van der Waals surface area contributed by atoms with Gasteiger partial charge in [-0.15, -0.1) is 0 Å². The number of carbonyl (C=O) groups excluding carboxylic acids is 1. The van der Waals surface area contributed by atoms with Gasteiger partial charge in [-0.3, -0.25) is 4.79 Å². The molecule has 1 amide bonds. The van der Waals surface area contributed by atoms with Crippen molar-refractivity contribution < 1.29 is 18.0 Å². The molecule has 0 unspecified atom stereocenters. The molecule has 0 atom stereocenters. The van der Waals surface area contributed by atoms with Crippen molar-refractivity contribution in [3.8, 4) is 11.4 Å². The number of aromatic nitrogens is 3. The van der Waals surface area contributed by atoms with Crippen LogP contribution in [0.15, 0.2) is 30.3 Å². The first kappa shape index (κ1) is 15.0. The first-order valence-corrected chi connectivity index (χ1v) is 6.15. The highest BCUT2D eigenvalue weighted by Gasteiger charge is 2.27. The van der Waals surface area contributed by atoms with Gasteiger partial charge in [-0.25, -0.2) is 9.67 Å². The van der Waals surface area contributed by atoms with Crippen LogP contribution in [0.2, 0.25) is 0 Å². The number of halogens is 3. The van der Waals surface area contributed by atoms with E-state index >= 15 is 0 Å². The van der Waals surface area contributed by atoms with Crippen LogP contribution in [0.3, 0.4) is 0 Å². The Labute approximate surface area is 118 Å². The van der Waals surface area contributed by atoms with Crippen LogP contribution in [-0.4, -0.2) is 33.4 Å². The molecule has 0 aliphatic rings. The Balaban J connectivity index is 2.12. The second-order valence-corrected chi connectivity index (χ2v) is 4.40. The van der Waals surface area contributed by atoms with Gasteiger partial charge in [-0.1, -0.05) is 30.3 Å². The van der Waals surface area contributed by atoms with Crippen molar-refractivity contribution in [2.45, 2.75) is 19.6 Å². The molecule has 0 aliphatic heterocycles. The average molecular weight is 298 g/mol. The Hall–Kier alpha value is -2.38. The standard InChI is InChI=1S/C13H13F3N4O/c1-9-18-12(10-5-3-2-4-6-10)20(19-9)7-11(21)17-8-13(14,15)16/h2-6H,7-8H2,1H3,(H,17,21). The van der Waals surface area contributed by atoms with Gasteiger partial charge in [0, 0.05) is 5.56 Å². The molecule has 0 bridgehead atoms. The number of benzene rings is 1. The SMILES string of the molecule is Cc1nc(-c2ccccc2)n(CC(=O)NCC(F)(F)F)n1. The number of carbonyl (C=O) groups is 1. The molecule has 1 heterocycles. The Morgan fingerprint density at radius 2 is 1.95 bits per heavy atom. The summed E-state index contributed by atoms with van der Waals surface area (Å²) in [7, 11) is 0. The average Bonchev–Trinajstić information content (AvgIpc) is 2.77. The van der Waals surface area contributed by atoms with Gasteiger partial charge in [-0.2, -0.15) is 18.3 Å². The van der Waals surface area contributed by atoms with Gasteiger partial charge in [0.2, 0.25) is 5.91 Å². The maximum Gasteiger partial charge on any atom is 0.405 e. The summed E-state index contributed by atoms with van der Waals surface area (Å²) >= 11 is 0. The Morgan fingerprint density at radius 1 is 1.29 bits per heavy atom. The number of rotatable bonds is 4. The van der Waals surface area contributed by atoms with E-state index in [1.54, 1.807) is 36.5 Å². The zero-order valence-corrected chi connectivity index (χ0v) is 11.2. The molecular formula is C13H13F3N4O. The smallest absolute Gasteiger partial charge is 0.345 e. The summed E-state index contributed by atoms with van der Waals surface area (Å²) in [5.74, 6) is 0.113. The second kappa shape index (κ2) is 5.94. The van der Waals surface area contributed by atoms with Gasteiger partial charge in [-0.05, 0) is 6.92 Å². The van der Waals surface area contributed by atoms with E-state index in [4.69, 9.17) is 0 Å².